The second-order valence-corrected chi connectivity index (χ2v) is 7.46. The molecule has 136 valence electrons. The molecule has 0 spiro atoms. The van der Waals surface area contributed by atoms with Gasteiger partial charge < -0.3 is 5.32 Å². The Balaban J connectivity index is 1.55. The van der Waals surface area contributed by atoms with E-state index < -0.39 is 0 Å². The minimum atomic E-state index is -0.189. The number of hydrogen-bond donors (Lipinski definition) is 2. The molecule has 9 heteroatoms. The highest BCUT2D eigenvalue weighted by Crippen LogP contribution is 2.21. The number of benzene rings is 1. The molecule has 1 amide bonds. The van der Waals surface area contributed by atoms with Crippen LogP contribution in [0.3, 0.4) is 0 Å². The van der Waals surface area contributed by atoms with Crippen LogP contribution in [0, 0.1) is 0 Å². The summed E-state index contributed by atoms with van der Waals surface area (Å²) in [6, 6.07) is 9.35. The fourth-order valence-electron chi connectivity index (χ4n) is 2.33. The van der Waals surface area contributed by atoms with E-state index in [1.54, 1.807) is 4.57 Å². The zero-order valence-corrected chi connectivity index (χ0v) is 15.9. The first-order valence-electron chi connectivity index (χ1n) is 8.22. The van der Waals surface area contributed by atoms with Crippen LogP contribution in [0.1, 0.15) is 24.0 Å². The summed E-state index contributed by atoms with van der Waals surface area (Å²) in [7, 11) is 0. The van der Waals surface area contributed by atoms with Crippen molar-refractivity contribution in [1.29, 1.82) is 0 Å². The van der Waals surface area contributed by atoms with Crippen molar-refractivity contribution >= 4 is 34.7 Å². The average Bonchev–Trinajstić information content (AvgIpc) is 3.21. The molecule has 0 radical (unpaired) electrons. The number of nitrogens with one attached hydrogen (secondary N) is 2. The topological polar surface area (TPSA) is 92.7 Å². The first kappa shape index (κ1) is 18.4. The first-order valence-corrected chi connectivity index (χ1v) is 10.1. The van der Waals surface area contributed by atoms with Crippen molar-refractivity contribution in [2.24, 2.45) is 0 Å². The molecule has 0 atom stereocenters. The van der Waals surface area contributed by atoms with Crippen molar-refractivity contribution in [3.05, 3.63) is 56.9 Å². The molecule has 26 heavy (non-hydrogen) atoms. The van der Waals surface area contributed by atoms with Crippen LogP contribution >= 0.6 is 23.1 Å². The SMILES string of the molecule is CCCn1c(SCc2csc(CC(=O)Nc3ccccc3)n2)n[nH]c1=O. The lowest BCUT2D eigenvalue weighted by Crippen LogP contribution is -2.17. The minimum absolute atomic E-state index is 0.0890. The zero-order chi connectivity index (χ0) is 18.4. The van der Waals surface area contributed by atoms with Crippen LogP contribution in [0.2, 0.25) is 0 Å². The number of amides is 1. The first-order chi connectivity index (χ1) is 12.7. The molecule has 0 aliphatic carbocycles. The van der Waals surface area contributed by atoms with E-state index >= 15 is 0 Å². The van der Waals surface area contributed by atoms with Gasteiger partial charge in [-0.25, -0.2) is 14.9 Å². The number of thiazole rings is 1. The highest BCUT2D eigenvalue weighted by Gasteiger charge is 2.11. The van der Waals surface area contributed by atoms with Gasteiger partial charge >= 0.3 is 5.69 Å². The predicted octanol–water partition coefficient (Wildman–Crippen LogP) is 2.91. The number of hydrogen-bond acceptors (Lipinski definition) is 6. The maximum atomic E-state index is 12.1. The van der Waals surface area contributed by atoms with Gasteiger partial charge in [0.15, 0.2) is 5.16 Å². The van der Waals surface area contributed by atoms with Crippen molar-refractivity contribution in [3.8, 4) is 0 Å². The van der Waals surface area contributed by atoms with Gasteiger partial charge in [0.2, 0.25) is 5.91 Å². The average molecular weight is 390 g/mol. The lowest BCUT2D eigenvalue weighted by atomic mass is 10.3. The molecule has 0 unspecified atom stereocenters. The minimum Gasteiger partial charge on any atom is -0.326 e. The molecule has 2 heterocycles. The van der Waals surface area contributed by atoms with Gasteiger partial charge in [0.25, 0.3) is 0 Å². The van der Waals surface area contributed by atoms with Crippen LogP contribution in [0.5, 0.6) is 0 Å². The van der Waals surface area contributed by atoms with Gasteiger partial charge in [0.1, 0.15) is 5.01 Å². The summed E-state index contributed by atoms with van der Waals surface area (Å²) in [5.74, 6) is 0.513. The molecule has 0 saturated heterocycles. The zero-order valence-electron chi connectivity index (χ0n) is 14.3. The van der Waals surface area contributed by atoms with Crippen molar-refractivity contribution in [1.82, 2.24) is 19.7 Å². The number of para-hydroxylation sites is 1. The summed E-state index contributed by atoms with van der Waals surface area (Å²) < 4.78 is 1.63. The van der Waals surface area contributed by atoms with Gasteiger partial charge in [0, 0.05) is 23.4 Å². The number of anilines is 1. The van der Waals surface area contributed by atoms with Gasteiger partial charge in [-0.1, -0.05) is 36.9 Å². The molecule has 7 nitrogen and oxygen atoms in total. The summed E-state index contributed by atoms with van der Waals surface area (Å²) in [5, 5.41) is 12.7. The molecule has 3 aromatic rings. The molecule has 2 aromatic heterocycles. The van der Waals surface area contributed by atoms with Crippen LogP contribution in [0.15, 0.2) is 45.7 Å². The third kappa shape index (κ3) is 4.83. The summed E-state index contributed by atoms with van der Waals surface area (Å²) in [6.07, 6.45) is 1.11. The monoisotopic (exact) mass is 389 g/mol. The van der Waals surface area contributed by atoms with E-state index in [-0.39, 0.29) is 18.0 Å². The van der Waals surface area contributed by atoms with Crippen molar-refractivity contribution in [3.63, 3.8) is 0 Å². The number of aromatic amines is 1. The van der Waals surface area contributed by atoms with Gasteiger partial charge in [-0.15, -0.1) is 16.4 Å². The number of H-pyrrole nitrogens is 1. The van der Waals surface area contributed by atoms with E-state index in [2.05, 4.69) is 20.5 Å². The van der Waals surface area contributed by atoms with Crippen LogP contribution in [-0.4, -0.2) is 25.7 Å². The number of rotatable bonds is 8. The molecule has 0 aliphatic rings. The molecule has 2 N–H and O–H groups in total. The molecule has 0 saturated carbocycles. The van der Waals surface area contributed by atoms with Gasteiger partial charge in [-0.3, -0.25) is 9.36 Å². The van der Waals surface area contributed by atoms with E-state index in [1.807, 2.05) is 42.6 Å². The summed E-state index contributed by atoms with van der Waals surface area (Å²) in [5.41, 5.74) is 1.46. The Hall–Kier alpha value is -2.39. The predicted molar refractivity (Wildman–Crippen MR) is 104 cm³/mol. The van der Waals surface area contributed by atoms with Crippen molar-refractivity contribution in [2.45, 2.75) is 37.2 Å². The van der Waals surface area contributed by atoms with Crippen molar-refractivity contribution < 1.29 is 4.79 Å². The molecule has 0 bridgehead atoms. The smallest absolute Gasteiger partial charge is 0.326 e. The quantitative estimate of drug-likeness (QED) is 0.578. The molecule has 3 rings (SSSR count). The molecular weight excluding hydrogens is 370 g/mol. The van der Waals surface area contributed by atoms with Gasteiger partial charge in [-0.05, 0) is 18.6 Å². The highest BCUT2D eigenvalue weighted by molar-refractivity contribution is 7.98. The summed E-state index contributed by atoms with van der Waals surface area (Å²) in [6.45, 7) is 2.65. The lowest BCUT2D eigenvalue weighted by molar-refractivity contribution is -0.115. The molecule has 0 aliphatic heterocycles. The Morgan fingerprint density at radius 1 is 1.35 bits per heavy atom. The second-order valence-electron chi connectivity index (χ2n) is 5.58. The molecular formula is C17H19N5O2S2. The van der Waals surface area contributed by atoms with Crippen LogP contribution in [0.4, 0.5) is 5.69 Å². The third-order valence-corrected chi connectivity index (χ3v) is 5.40. The third-order valence-electron chi connectivity index (χ3n) is 3.49. The van der Waals surface area contributed by atoms with Crippen LogP contribution in [-0.2, 0) is 23.5 Å². The van der Waals surface area contributed by atoms with E-state index in [4.69, 9.17) is 0 Å². The summed E-state index contributed by atoms with van der Waals surface area (Å²) in [4.78, 5) is 28.3. The summed E-state index contributed by atoms with van der Waals surface area (Å²) >= 11 is 2.92. The number of carbonyl (C=O) groups excluding carboxylic acids is 1. The maximum Gasteiger partial charge on any atom is 0.343 e. The Kier molecular flexibility index (Phi) is 6.24. The van der Waals surface area contributed by atoms with E-state index in [0.717, 1.165) is 22.8 Å². The number of carbonyl (C=O) groups is 1. The Morgan fingerprint density at radius 2 is 2.15 bits per heavy atom. The number of thioether (sulfide) groups is 1. The highest BCUT2D eigenvalue weighted by atomic mass is 32.2. The normalized spacial score (nSPS) is 10.8. The maximum absolute atomic E-state index is 12.1. The number of aromatic nitrogens is 4. The fraction of sp³-hybridized carbons (Fsp3) is 0.294. The van der Waals surface area contributed by atoms with E-state index in [9.17, 15) is 9.59 Å². The van der Waals surface area contributed by atoms with Crippen molar-refractivity contribution in [2.75, 3.05) is 5.32 Å². The Bertz CT molecular complexity index is 917. The Labute approximate surface area is 158 Å². The largest absolute Gasteiger partial charge is 0.343 e. The second kappa shape index (κ2) is 8.81. The van der Waals surface area contributed by atoms with Gasteiger partial charge in [-0.2, -0.15) is 0 Å². The van der Waals surface area contributed by atoms with E-state index in [0.29, 0.717) is 17.5 Å². The molecule has 1 aromatic carbocycles. The standard InChI is InChI=1S/C17H19N5O2S2/c1-2-8-22-16(24)20-21-17(22)26-11-13-10-25-15(19-13)9-14(23)18-12-6-4-3-5-7-12/h3-7,10H,2,8-9,11H2,1H3,(H,18,23)(H,20,24). The number of nitrogens with zero attached hydrogens (tertiary/aromatic N) is 3. The van der Waals surface area contributed by atoms with Crippen LogP contribution < -0.4 is 11.0 Å². The van der Waals surface area contributed by atoms with E-state index in [1.165, 1.54) is 23.1 Å². The Morgan fingerprint density at radius 3 is 2.92 bits per heavy atom. The fourth-order valence-corrected chi connectivity index (χ4v) is 4.10. The lowest BCUT2D eigenvalue weighted by Gasteiger charge is -2.03. The van der Waals surface area contributed by atoms with Gasteiger partial charge in [0.05, 0.1) is 12.1 Å². The molecule has 0 fully saturated rings. The van der Waals surface area contributed by atoms with Crippen LogP contribution in [0.25, 0.3) is 0 Å².